The third kappa shape index (κ3) is 1.59. The molecular formula is C11H7N3. The van der Waals surface area contributed by atoms with E-state index in [0.29, 0.717) is 5.69 Å². The summed E-state index contributed by atoms with van der Waals surface area (Å²) in [6, 6.07) is 9.54. The Balaban J connectivity index is 2.52. The predicted octanol–water partition coefficient (Wildman–Crippen LogP) is 2.17. The number of nitriles is 1. The molecule has 2 aromatic rings. The van der Waals surface area contributed by atoms with Crippen LogP contribution in [-0.2, 0) is 0 Å². The number of nitrogens with zero attached hydrogens (tertiary/aromatic N) is 3. The van der Waals surface area contributed by atoms with Crippen molar-refractivity contribution in [1.82, 2.24) is 9.97 Å². The van der Waals surface area contributed by atoms with E-state index in [9.17, 15) is 0 Å². The highest BCUT2D eigenvalue weighted by molar-refractivity contribution is 5.74. The highest BCUT2D eigenvalue weighted by Crippen LogP contribution is 2.08. The molecule has 0 unspecified atom stereocenters. The monoisotopic (exact) mass is 181 g/mol. The molecule has 0 fully saturated rings. The molecule has 1 aromatic carbocycles. The van der Waals surface area contributed by atoms with Gasteiger partial charge in [0.1, 0.15) is 0 Å². The third-order valence-electron chi connectivity index (χ3n) is 1.80. The molecule has 3 nitrogen and oxygen atoms in total. The van der Waals surface area contributed by atoms with Gasteiger partial charge in [0.2, 0.25) is 0 Å². The van der Waals surface area contributed by atoms with Crippen LogP contribution in [0.25, 0.3) is 17.1 Å². The van der Waals surface area contributed by atoms with Crippen LogP contribution >= 0.6 is 0 Å². The molecule has 0 aliphatic carbocycles. The smallest absolute Gasteiger partial charge is 0.0912 e. The van der Waals surface area contributed by atoms with Crippen molar-refractivity contribution in [1.29, 1.82) is 5.26 Å². The van der Waals surface area contributed by atoms with Crippen LogP contribution in [0.3, 0.4) is 0 Å². The van der Waals surface area contributed by atoms with Crippen LogP contribution in [0.5, 0.6) is 0 Å². The zero-order valence-corrected chi connectivity index (χ0v) is 7.38. The average molecular weight is 181 g/mol. The van der Waals surface area contributed by atoms with Crippen molar-refractivity contribution in [2.75, 3.05) is 0 Å². The number of rotatable bonds is 1. The van der Waals surface area contributed by atoms with Gasteiger partial charge in [-0.2, -0.15) is 5.26 Å². The normalized spacial score (nSPS) is 10.5. The first kappa shape index (κ1) is 8.39. The van der Waals surface area contributed by atoms with E-state index in [2.05, 4.69) is 9.97 Å². The van der Waals surface area contributed by atoms with E-state index in [4.69, 9.17) is 5.26 Å². The first-order chi connectivity index (χ1) is 6.90. The first-order valence-corrected chi connectivity index (χ1v) is 4.18. The van der Waals surface area contributed by atoms with Crippen LogP contribution in [0, 0.1) is 11.3 Å². The zero-order chi connectivity index (χ0) is 9.80. The molecule has 1 aromatic heterocycles. The zero-order valence-electron chi connectivity index (χ0n) is 7.38. The number of allylic oxidation sites excluding steroid dienone is 1. The van der Waals surface area contributed by atoms with E-state index in [1.807, 2.05) is 30.3 Å². The van der Waals surface area contributed by atoms with Gasteiger partial charge in [-0.15, -0.1) is 0 Å². The molecule has 3 heteroatoms. The summed E-state index contributed by atoms with van der Waals surface area (Å²) in [5, 5.41) is 8.36. The summed E-state index contributed by atoms with van der Waals surface area (Å²) in [7, 11) is 0. The van der Waals surface area contributed by atoms with Gasteiger partial charge in [-0.1, -0.05) is 12.1 Å². The molecule has 0 aliphatic heterocycles. The largest absolute Gasteiger partial charge is 0.252 e. The minimum Gasteiger partial charge on any atom is -0.252 e. The topological polar surface area (TPSA) is 49.6 Å². The van der Waals surface area contributed by atoms with E-state index < -0.39 is 0 Å². The fourth-order valence-electron chi connectivity index (χ4n) is 1.17. The second kappa shape index (κ2) is 3.67. The van der Waals surface area contributed by atoms with Crippen molar-refractivity contribution < 1.29 is 0 Å². The van der Waals surface area contributed by atoms with Crippen molar-refractivity contribution in [2.45, 2.75) is 0 Å². The lowest BCUT2D eigenvalue weighted by Crippen LogP contribution is -1.86. The Bertz CT molecular complexity index is 523. The van der Waals surface area contributed by atoms with Gasteiger partial charge in [-0.05, 0) is 18.2 Å². The quantitative estimate of drug-likeness (QED) is 0.633. The number of hydrogen-bond donors (Lipinski definition) is 0. The van der Waals surface area contributed by atoms with Gasteiger partial charge in [0.15, 0.2) is 0 Å². The van der Waals surface area contributed by atoms with Gasteiger partial charge in [0.05, 0.1) is 29.0 Å². The molecule has 0 saturated heterocycles. The molecule has 14 heavy (non-hydrogen) atoms. The minimum absolute atomic E-state index is 0.699. The molecule has 0 bridgehead atoms. The summed E-state index contributed by atoms with van der Waals surface area (Å²) in [4.78, 5) is 8.52. The van der Waals surface area contributed by atoms with Crippen LogP contribution in [0.15, 0.2) is 36.5 Å². The molecule has 0 N–H and O–H groups in total. The van der Waals surface area contributed by atoms with Gasteiger partial charge in [-0.25, -0.2) is 4.98 Å². The van der Waals surface area contributed by atoms with Gasteiger partial charge >= 0.3 is 0 Å². The second-order valence-corrected chi connectivity index (χ2v) is 2.75. The highest BCUT2D eigenvalue weighted by Gasteiger charge is 1.94. The predicted molar refractivity (Wildman–Crippen MR) is 54.2 cm³/mol. The van der Waals surface area contributed by atoms with Crippen LogP contribution in [0.1, 0.15) is 5.69 Å². The summed E-state index contributed by atoms with van der Waals surface area (Å²) in [5.41, 5.74) is 2.40. The van der Waals surface area contributed by atoms with E-state index in [1.54, 1.807) is 12.3 Å². The summed E-state index contributed by atoms with van der Waals surface area (Å²) in [6.07, 6.45) is 4.68. The highest BCUT2D eigenvalue weighted by atomic mass is 14.8. The number of aromatic nitrogens is 2. The maximum Gasteiger partial charge on any atom is 0.0912 e. The van der Waals surface area contributed by atoms with Gasteiger partial charge in [-0.3, -0.25) is 4.98 Å². The Morgan fingerprint density at radius 3 is 2.79 bits per heavy atom. The second-order valence-electron chi connectivity index (χ2n) is 2.75. The lowest BCUT2D eigenvalue weighted by Gasteiger charge is -1.96. The van der Waals surface area contributed by atoms with Crippen molar-refractivity contribution in [3.05, 3.63) is 42.2 Å². The molecule has 0 spiro atoms. The Morgan fingerprint density at radius 2 is 2.00 bits per heavy atom. The molecule has 0 saturated carbocycles. The first-order valence-electron chi connectivity index (χ1n) is 4.18. The fourth-order valence-corrected chi connectivity index (χ4v) is 1.17. The Labute approximate surface area is 81.4 Å². The molecule has 1 heterocycles. The van der Waals surface area contributed by atoms with E-state index in [1.165, 1.54) is 6.08 Å². The SMILES string of the molecule is N#C/C=C/c1cnc2ccccc2n1. The van der Waals surface area contributed by atoms with Gasteiger partial charge < -0.3 is 0 Å². The molecule has 0 radical (unpaired) electrons. The van der Waals surface area contributed by atoms with Crippen molar-refractivity contribution >= 4 is 17.1 Å². The van der Waals surface area contributed by atoms with E-state index in [0.717, 1.165) is 11.0 Å². The standard InChI is InChI=1S/C11H7N3/c12-7-3-4-9-8-13-10-5-1-2-6-11(10)14-9/h1-6,8H/b4-3+. The summed E-state index contributed by atoms with van der Waals surface area (Å²) < 4.78 is 0. The number of hydrogen-bond acceptors (Lipinski definition) is 3. The molecule has 0 amide bonds. The third-order valence-corrected chi connectivity index (χ3v) is 1.80. The van der Waals surface area contributed by atoms with Gasteiger partial charge in [0, 0.05) is 6.08 Å². The molecule has 0 aliphatic rings. The van der Waals surface area contributed by atoms with Crippen LogP contribution < -0.4 is 0 Å². The maximum absolute atomic E-state index is 8.36. The number of benzene rings is 1. The van der Waals surface area contributed by atoms with Crippen molar-refractivity contribution in [3.8, 4) is 6.07 Å². The summed E-state index contributed by atoms with van der Waals surface area (Å²) in [5.74, 6) is 0. The summed E-state index contributed by atoms with van der Waals surface area (Å²) >= 11 is 0. The van der Waals surface area contributed by atoms with E-state index >= 15 is 0 Å². The molecule has 0 atom stereocenters. The Kier molecular flexibility index (Phi) is 2.20. The Morgan fingerprint density at radius 1 is 1.21 bits per heavy atom. The number of para-hydroxylation sites is 2. The van der Waals surface area contributed by atoms with E-state index in [-0.39, 0.29) is 0 Å². The molecule has 66 valence electrons. The minimum atomic E-state index is 0.699. The lowest BCUT2D eigenvalue weighted by atomic mass is 10.3. The molecule has 2 rings (SSSR count). The fraction of sp³-hybridized carbons (Fsp3) is 0. The number of fused-ring (bicyclic) bond motifs is 1. The Hall–Kier alpha value is -2.21. The van der Waals surface area contributed by atoms with Crippen molar-refractivity contribution in [2.24, 2.45) is 0 Å². The maximum atomic E-state index is 8.36. The van der Waals surface area contributed by atoms with Crippen LogP contribution in [-0.4, -0.2) is 9.97 Å². The lowest BCUT2D eigenvalue weighted by molar-refractivity contribution is 1.27. The van der Waals surface area contributed by atoms with Crippen LogP contribution in [0.4, 0.5) is 0 Å². The van der Waals surface area contributed by atoms with Crippen molar-refractivity contribution in [3.63, 3.8) is 0 Å². The average Bonchev–Trinajstić information content (AvgIpc) is 2.26. The summed E-state index contributed by atoms with van der Waals surface area (Å²) in [6.45, 7) is 0. The van der Waals surface area contributed by atoms with Crippen LogP contribution in [0.2, 0.25) is 0 Å². The van der Waals surface area contributed by atoms with Gasteiger partial charge in [0.25, 0.3) is 0 Å². The molecular weight excluding hydrogens is 174 g/mol.